The first kappa shape index (κ1) is 21.8. The lowest BCUT2D eigenvalue weighted by atomic mass is 9.78. The number of rotatable bonds is 8. The van der Waals surface area contributed by atoms with Gasteiger partial charge in [-0.1, -0.05) is 36.4 Å². The second kappa shape index (κ2) is 8.84. The molecule has 0 heterocycles. The zero-order valence-electron chi connectivity index (χ0n) is 16.7. The van der Waals surface area contributed by atoms with E-state index in [4.69, 9.17) is 0 Å². The molecule has 1 aliphatic rings. The van der Waals surface area contributed by atoms with E-state index in [1.807, 2.05) is 30.3 Å². The number of Topliss-reactive ketones (excluding diaryl/α,β-unsaturated/α-hetero) is 2. The van der Waals surface area contributed by atoms with E-state index >= 15 is 0 Å². The van der Waals surface area contributed by atoms with Gasteiger partial charge < -0.3 is 0 Å². The topological polar surface area (TPSA) is 68.3 Å². The number of thioether (sulfide) groups is 1. The van der Waals surface area contributed by atoms with Gasteiger partial charge in [0.05, 0.1) is 16.1 Å². The summed E-state index contributed by atoms with van der Waals surface area (Å²) in [6.07, 6.45) is 0.732. The Morgan fingerprint density at radius 2 is 1.41 bits per heavy atom. The summed E-state index contributed by atoms with van der Waals surface area (Å²) in [4.78, 5) is 26.3. The van der Waals surface area contributed by atoms with E-state index in [1.165, 1.54) is 13.8 Å². The molecule has 0 bridgehead atoms. The van der Waals surface area contributed by atoms with Gasteiger partial charge in [-0.25, -0.2) is 8.42 Å². The fourth-order valence-corrected chi connectivity index (χ4v) is 7.11. The standard InChI is InChI=1S/C23H26O4S2/c1-17(24)23(18(2)25)13-19(15-28-21-9-5-3-6-10-21)20(14-23)16-29(26,27)22-11-7-4-8-12-22/h3-12,19-20H,13-16H2,1-2H3/t19-,20+/m1/s1. The molecule has 0 aliphatic heterocycles. The third-order valence-electron chi connectivity index (χ3n) is 5.98. The predicted molar refractivity (Wildman–Crippen MR) is 116 cm³/mol. The molecule has 2 aromatic rings. The second-order valence-electron chi connectivity index (χ2n) is 7.84. The van der Waals surface area contributed by atoms with Gasteiger partial charge in [0.25, 0.3) is 0 Å². The molecule has 2 atom stereocenters. The average molecular weight is 431 g/mol. The van der Waals surface area contributed by atoms with Crippen molar-refractivity contribution in [1.29, 1.82) is 0 Å². The monoisotopic (exact) mass is 430 g/mol. The summed E-state index contributed by atoms with van der Waals surface area (Å²) >= 11 is 1.65. The Kier molecular flexibility index (Phi) is 6.64. The minimum atomic E-state index is -3.49. The first-order valence-electron chi connectivity index (χ1n) is 9.72. The molecule has 0 radical (unpaired) electrons. The average Bonchev–Trinajstić information content (AvgIpc) is 3.07. The van der Waals surface area contributed by atoms with Crippen LogP contribution in [0.15, 0.2) is 70.5 Å². The van der Waals surface area contributed by atoms with Crippen molar-refractivity contribution in [2.24, 2.45) is 17.3 Å². The zero-order valence-corrected chi connectivity index (χ0v) is 18.3. The SMILES string of the molecule is CC(=O)C1(C(C)=O)C[C@H](CSc2ccccc2)[C@H](CS(=O)(=O)c2ccccc2)C1. The van der Waals surface area contributed by atoms with Crippen molar-refractivity contribution < 1.29 is 18.0 Å². The Morgan fingerprint density at radius 3 is 1.97 bits per heavy atom. The fourth-order valence-electron chi connectivity index (χ4n) is 4.25. The molecular formula is C23H26O4S2. The summed E-state index contributed by atoms with van der Waals surface area (Å²) in [7, 11) is -3.49. The molecule has 0 aromatic heterocycles. The molecule has 29 heavy (non-hydrogen) atoms. The summed E-state index contributed by atoms with van der Waals surface area (Å²) in [6, 6.07) is 18.3. The van der Waals surface area contributed by atoms with Crippen LogP contribution in [0.2, 0.25) is 0 Å². The normalized spacial score (nSPS) is 21.0. The number of ketones is 2. The molecule has 6 heteroatoms. The molecule has 0 N–H and O–H groups in total. The van der Waals surface area contributed by atoms with Gasteiger partial charge in [0.2, 0.25) is 0 Å². The van der Waals surface area contributed by atoms with Crippen LogP contribution in [0, 0.1) is 17.3 Å². The van der Waals surface area contributed by atoms with E-state index in [0.29, 0.717) is 18.6 Å². The van der Waals surface area contributed by atoms with Crippen LogP contribution in [-0.4, -0.2) is 31.5 Å². The van der Waals surface area contributed by atoms with Crippen LogP contribution in [0.1, 0.15) is 26.7 Å². The van der Waals surface area contributed by atoms with Crippen LogP contribution in [0.3, 0.4) is 0 Å². The molecule has 4 nitrogen and oxygen atoms in total. The fraction of sp³-hybridized carbons (Fsp3) is 0.391. The maximum Gasteiger partial charge on any atom is 0.178 e. The Labute approximate surface area is 177 Å². The van der Waals surface area contributed by atoms with Crippen LogP contribution in [0.25, 0.3) is 0 Å². The Hall–Kier alpha value is -1.92. The van der Waals surface area contributed by atoms with E-state index in [1.54, 1.807) is 42.1 Å². The molecule has 154 valence electrons. The van der Waals surface area contributed by atoms with Gasteiger partial charge >= 0.3 is 0 Å². The van der Waals surface area contributed by atoms with Crippen molar-refractivity contribution in [3.05, 3.63) is 60.7 Å². The maximum atomic E-state index is 13.0. The van der Waals surface area contributed by atoms with Crippen LogP contribution in [0.4, 0.5) is 0 Å². The molecule has 0 unspecified atom stereocenters. The first-order chi connectivity index (χ1) is 13.7. The Morgan fingerprint density at radius 1 is 0.897 bits per heavy atom. The third-order valence-corrected chi connectivity index (χ3v) is 9.04. The quantitative estimate of drug-likeness (QED) is 0.457. The Balaban J connectivity index is 1.86. The van der Waals surface area contributed by atoms with Crippen LogP contribution >= 0.6 is 11.8 Å². The van der Waals surface area contributed by atoms with Gasteiger partial charge in [0.15, 0.2) is 9.84 Å². The van der Waals surface area contributed by atoms with Crippen molar-refractivity contribution in [3.63, 3.8) is 0 Å². The number of carbonyl (C=O) groups excluding carboxylic acids is 2. The van der Waals surface area contributed by atoms with Gasteiger partial charge in [-0.2, -0.15) is 0 Å². The highest BCUT2D eigenvalue weighted by atomic mass is 32.2. The molecule has 3 rings (SSSR count). The molecule has 1 fully saturated rings. The molecule has 0 saturated heterocycles. The van der Waals surface area contributed by atoms with E-state index in [2.05, 4.69) is 0 Å². The number of benzene rings is 2. The lowest BCUT2D eigenvalue weighted by Crippen LogP contribution is -2.34. The minimum absolute atomic E-state index is 0.0218. The van der Waals surface area contributed by atoms with Gasteiger partial charge in [0.1, 0.15) is 11.6 Å². The van der Waals surface area contributed by atoms with Crippen LogP contribution in [0.5, 0.6) is 0 Å². The number of sulfone groups is 1. The summed E-state index contributed by atoms with van der Waals surface area (Å²) in [5.74, 6) is 0.0787. The highest BCUT2D eigenvalue weighted by Gasteiger charge is 2.52. The highest BCUT2D eigenvalue weighted by molar-refractivity contribution is 7.99. The summed E-state index contributed by atoms with van der Waals surface area (Å²) in [6.45, 7) is 2.91. The molecular weight excluding hydrogens is 404 g/mol. The van der Waals surface area contributed by atoms with Crippen molar-refractivity contribution in [2.75, 3.05) is 11.5 Å². The van der Waals surface area contributed by atoms with Crippen molar-refractivity contribution in [3.8, 4) is 0 Å². The number of hydrogen-bond acceptors (Lipinski definition) is 5. The summed E-state index contributed by atoms with van der Waals surface area (Å²) in [5, 5.41) is 0. The number of carbonyl (C=O) groups is 2. The van der Waals surface area contributed by atoms with E-state index in [9.17, 15) is 18.0 Å². The highest BCUT2D eigenvalue weighted by Crippen LogP contribution is 2.49. The van der Waals surface area contributed by atoms with E-state index in [0.717, 1.165) is 4.90 Å². The van der Waals surface area contributed by atoms with Crippen molar-refractivity contribution in [1.82, 2.24) is 0 Å². The van der Waals surface area contributed by atoms with Gasteiger partial charge in [-0.15, -0.1) is 11.8 Å². The largest absolute Gasteiger partial charge is 0.299 e. The van der Waals surface area contributed by atoms with Crippen LogP contribution < -0.4 is 0 Å². The summed E-state index contributed by atoms with van der Waals surface area (Å²) in [5.41, 5.74) is -1.06. The van der Waals surface area contributed by atoms with Gasteiger partial charge in [-0.3, -0.25) is 9.59 Å². The van der Waals surface area contributed by atoms with Crippen LogP contribution in [-0.2, 0) is 19.4 Å². The third kappa shape index (κ3) is 4.81. The lowest BCUT2D eigenvalue weighted by molar-refractivity contribution is -0.138. The Bertz CT molecular complexity index is 954. The second-order valence-corrected chi connectivity index (χ2v) is 11.0. The molecule has 1 aliphatic carbocycles. The molecule has 2 aromatic carbocycles. The maximum absolute atomic E-state index is 13.0. The molecule has 1 saturated carbocycles. The molecule has 0 amide bonds. The zero-order chi connectivity index (χ0) is 21.1. The smallest absolute Gasteiger partial charge is 0.178 e. The predicted octanol–water partition coefficient (Wildman–Crippen LogP) is 4.44. The minimum Gasteiger partial charge on any atom is -0.299 e. The van der Waals surface area contributed by atoms with E-state index < -0.39 is 15.3 Å². The number of hydrogen-bond donors (Lipinski definition) is 0. The summed E-state index contributed by atoms with van der Waals surface area (Å²) < 4.78 is 26.0. The van der Waals surface area contributed by atoms with Crippen molar-refractivity contribution >= 4 is 33.2 Å². The van der Waals surface area contributed by atoms with Gasteiger partial charge in [-0.05, 0) is 62.8 Å². The lowest BCUT2D eigenvalue weighted by Gasteiger charge is -2.23. The van der Waals surface area contributed by atoms with Gasteiger partial charge in [0, 0.05) is 10.6 Å². The first-order valence-corrected chi connectivity index (χ1v) is 12.4. The molecule has 0 spiro atoms. The van der Waals surface area contributed by atoms with E-state index in [-0.39, 0.29) is 34.1 Å². The van der Waals surface area contributed by atoms with Crippen molar-refractivity contribution in [2.45, 2.75) is 36.5 Å².